The highest BCUT2D eigenvalue weighted by molar-refractivity contribution is 5.55. The number of fused-ring (bicyclic) bond motifs is 5. The summed E-state index contributed by atoms with van der Waals surface area (Å²) in [4.78, 5) is 11.8. The summed E-state index contributed by atoms with van der Waals surface area (Å²) in [5.74, 6) is 2.54. The lowest BCUT2D eigenvalue weighted by molar-refractivity contribution is 0.728. The van der Waals surface area contributed by atoms with Gasteiger partial charge in [-0.25, -0.2) is 4.98 Å². The number of aromatic nitrogens is 2. The average molecular weight is 292 g/mol. The van der Waals surface area contributed by atoms with Gasteiger partial charge < -0.3 is 10.2 Å². The molecule has 1 aliphatic heterocycles. The minimum atomic E-state index is 0.490. The second-order valence-electron chi connectivity index (χ2n) is 6.84. The van der Waals surface area contributed by atoms with Crippen LogP contribution in [0.2, 0.25) is 0 Å². The van der Waals surface area contributed by atoms with Gasteiger partial charge in [-0.2, -0.15) is 4.98 Å². The number of nitrogens with zero attached hydrogens (tertiary/aromatic N) is 3. The molecule has 2 fully saturated rings. The maximum atomic E-state index is 4.79. The first-order valence-electron chi connectivity index (χ1n) is 8.25. The first-order valence-corrected chi connectivity index (χ1v) is 8.25. The fourth-order valence-corrected chi connectivity index (χ4v) is 3.97. The van der Waals surface area contributed by atoms with Gasteiger partial charge in [0.2, 0.25) is 5.95 Å². The second-order valence-corrected chi connectivity index (χ2v) is 6.84. The largest absolute Gasteiger partial charge is 0.351 e. The van der Waals surface area contributed by atoms with Crippen molar-refractivity contribution >= 4 is 11.8 Å². The number of anilines is 2. The van der Waals surface area contributed by atoms with Gasteiger partial charge in [0.1, 0.15) is 5.82 Å². The summed E-state index contributed by atoms with van der Waals surface area (Å²) in [5.41, 5.74) is 4.08. The number of aryl methyl sites for hydroxylation is 1. The minimum Gasteiger partial charge on any atom is -0.351 e. The van der Waals surface area contributed by atoms with Crippen LogP contribution in [-0.2, 0) is 0 Å². The Bertz CT molecular complexity index is 738. The highest BCUT2D eigenvalue weighted by Crippen LogP contribution is 2.51. The van der Waals surface area contributed by atoms with Crippen LogP contribution in [0.3, 0.4) is 0 Å². The molecule has 5 rings (SSSR count). The Morgan fingerprint density at radius 2 is 1.95 bits per heavy atom. The summed E-state index contributed by atoms with van der Waals surface area (Å²) >= 11 is 0. The molecule has 4 nitrogen and oxygen atoms in total. The van der Waals surface area contributed by atoms with Crippen LogP contribution < -0.4 is 10.2 Å². The number of benzene rings is 1. The molecule has 4 heteroatoms. The predicted molar refractivity (Wildman–Crippen MR) is 87.3 cm³/mol. The van der Waals surface area contributed by atoms with Crippen molar-refractivity contribution < 1.29 is 0 Å². The van der Waals surface area contributed by atoms with E-state index in [9.17, 15) is 0 Å². The van der Waals surface area contributed by atoms with Crippen LogP contribution in [0.5, 0.6) is 0 Å². The van der Waals surface area contributed by atoms with Crippen LogP contribution >= 0.6 is 0 Å². The lowest BCUT2D eigenvalue weighted by atomic mass is 9.99. The van der Waals surface area contributed by atoms with E-state index in [4.69, 9.17) is 4.98 Å². The van der Waals surface area contributed by atoms with Crippen molar-refractivity contribution in [2.75, 3.05) is 16.8 Å². The van der Waals surface area contributed by atoms with E-state index < -0.39 is 0 Å². The average Bonchev–Trinajstić information content (AvgIpc) is 3.12. The Balaban J connectivity index is 1.50. The molecule has 0 radical (unpaired) electrons. The topological polar surface area (TPSA) is 41.1 Å². The first kappa shape index (κ1) is 12.4. The molecule has 2 aliphatic carbocycles. The minimum absolute atomic E-state index is 0.490. The first-order chi connectivity index (χ1) is 10.8. The summed E-state index contributed by atoms with van der Waals surface area (Å²) in [5, 5.41) is 3.43. The van der Waals surface area contributed by atoms with E-state index in [0.717, 1.165) is 24.0 Å². The molecule has 2 atom stereocenters. The summed E-state index contributed by atoms with van der Waals surface area (Å²) < 4.78 is 0. The van der Waals surface area contributed by atoms with Crippen LogP contribution in [0.1, 0.15) is 48.0 Å². The van der Waals surface area contributed by atoms with E-state index in [2.05, 4.69) is 52.5 Å². The van der Waals surface area contributed by atoms with Gasteiger partial charge in [0.05, 0.1) is 6.04 Å². The molecular weight excluding hydrogens is 272 g/mol. The van der Waals surface area contributed by atoms with Crippen molar-refractivity contribution in [1.29, 1.82) is 0 Å². The van der Waals surface area contributed by atoms with Crippen LogP contribution in [0, 0.1) is 6.92 Å². The third-order valence-corrected chi connectivity index (χ3v) is 5.14. The van der Waals surface area contributed by atoms with Gasteiger partial charge in [0.25, 0.3) is 0 Å². The van der Waals surface area contributed by atoms with Gasteiger partial charge in [-0.1, -0.05) is 24.3 Å². The monoisotopic (exact) mass is 292 g/mol. The van der Waals surface area contributed by atoms with Crippen molar-refractivity contribution in [3.63, 3.8) is 0 Å². The zero-order chi connectivity index (χ0) is 14.7. The predicted octanol–water partition coefficient (Wildman–Crippen LogP) is 3.41. The third kappa shape index (κ3) is 1.90. The molecule has 0 spiro atoms. The van der Waals surface area contributed by atoms with Crippen molar-refractivity contribution in [2.24, 2.45) is 0 Å². The Kier molecular flexibility index (Phi) is 2.52. The van der Waals surface area contributed by atoms with Gasteiger partial charge >= 0.3 is 0 Å². The Morgan fingerprint density at radius 1 is 1.14 bits per heavy atom. The fraction of sp³-hybridized carbons (Fsp3) is 0.444. The van der Waals surface area contributed by atoms with E-state index in [-0.39, 0.29) is 0 Å². The van der Waals surface area contributed by atoms with E-state index >= 15 is 0 Å². The van der Waals surface area contributed by atoms with Gasteiger partial charge in [0, 0.05) is 30.3 Å². The molecule has 0 amide bonds. The van der Waals surface area contributed by atoms with Crippen LogP contribution in [0.15, 0.2) is 30.3 Å². The summed E-state index contributed by atoms with van der Waals surface area (Å²) in [7, 11) is 0. The highest BCUT2D eigenvalue weighted by atomic mass is 15.3. The van der Waals surface area contributed by atoms with E-state index in [1.807, 2.05) is 0 Å². The molecule has 2 bridgehead atoms. The van der Waals surface area contributed by atoms with E-state index in [1.54, 1.807) is 5.56 Å². The molecule has 22 heavy (non-hydrogen) atoms. The Hall–Kier alpha value is -2.10. The quantitative estimate of drug-likeness (QED) is 0.941. The van der Waals surface area contributed by atoms with Gasteiger partial charge in [-0.15, -0.1) is 0 Å². The van der Waals surface area contributed by atoms with Crippen LogP contribution in [0.25, 0.3) is 0 Å². The number of rotatable bonds is 3. The van der Waals surface area contributed by atoms with Crippen LogP contribution in [-0.4, -0.2) is 22.6 Å². The van der Waals surface area contributed by atoms with Crippen molar-refractivity contribution in [3.8, 4) is 0 Å². The number of nitrogens with one attached hydrogen (secondary N) is 1. The molecule has 1 aromatic carbocycles. The molecule has 3 aliphatic rings. The molecule has 1 saturated heterocycles. The van der Waals surface area contributed by atoms with Gasteiger partial charge in [-0.05, 0) is 37.3 Å². The third-order valence-electron chi connectivity index (χ3n) is 5.14. The van der Waals surface area contributed by atoms with E-state index in [0.29, 0.717) is 18.0 Å². The maximum Gasteiger partial charge on any atom is 0.225 e. The standard InChI is InChI=1S/C18H20N4/c1-11-8-17(21-18(19-11)20-13-6-7-13)22-10-12-9-16(22)15-5-3-2-4-14(12)15/h2-5,8,12-13,16H,6-7,9-10H2,1H3,(H,19,20,21)/t12-,16+/m1/s1. The second kappa shape index (κ2) is 4.45. The Morgan fingerprint density at radius 3 is 2.77 bits per heavy atom. The Labute approximate surface area is 130 Å². The number of hydrogen-bond acceptors (Lipinski definition) is 4. The molecule has 1 aromatic heterocycles. The van der Waals surface area contributed by atoms with Crippen molar-refractivity contribution in [1.82, 2.24) is 9.97 Å². The zero-order valence-electron chi connectivity index (χ0n) is 12.8. The fourth-order valence-electron chi connectivity index (χ4n) is 3.97. The molecule has 1 saturated carbocycles. The molecule has 0 unspecified atom stereocenters. The molecule has 2 aromatic rings. The van der Waals surface area contributed by atoms with Crippen molar-refractivity contribution in [3.05, 3.63) is 47.2 Å². The lowest BCUT2D eigenvalue weighted by Gasteiger charge is -2.30. The maximum absolute atomic E-state index is 4.79. The summed E-state index contributed by atoms with van der Waals surface area (Å²) in [6, 6.07) is 12.1. The summed E-state index contributed by atoms with van der Waals surface area (Å²) in [6.07, 6.45) is 3.72. The smallest absolute Gasteiger partial charge is 0.225 e. The molecule has 112 valence electrons. The van der Waals surface area contributed by atoms with Crippen LogP contribution in [0.4, 0.5) is 11.8 Å². The van der Waals surface area contributed by atoms with Crippen molar-refractivity contribution in [2.45, 2.75) is 44.2 Å². The molecular formula is C18H20N4. The van der Waals surface area contributed by atoms with Gasteiger partial charge in [0.15, 0.2) is 0 Å². The molecule has 1 N–H and O–H groups in total. The number of hydrogen-bond donors (Lipinski definition) is 1. The molecule has 2 heterocycles. The normalized spacial score (nSPS) is 25.4. The lowest BCUT2D eigenvalue weighted by Crippen LogP contribution is -2.28. The van der Waals surface area contributed by atoms with E-state index in [1.165, 1.54) is 24.8 Å². The van der Waals surface area contributed by atoms with Gasteiger partial charge in [-0.3, -0.25) is 0 Å². The highest BCUT2D eigenvalue weighted by Gasteiger charge is 2.42. The zero-order valence-corrected chi connectivity index (χ0v) is 12.8. The SMILES string of the molecule is Cc1cc(N2C[C@H]3C[C@H]2c2ccccc23)nc(NC2CC2)n1. The summed E-state index contributed by atoms with van der Waals surface area (Å²) in [6.45, 7) is 3.15.